The van der Waals surface area contributed by atoms with E-state index in [9.17, 15) is 9.90 Å². The van der Waals surface area contributed by atoms with E-state index in [1.165, 1.54) is 11.1 Å². The van der Waals surface area contributed by atoms with Crippen molar-refractivity contribution < 1.29 is 14.6 Å². The van der Waals surface area contributed by atoms with Crippen LogP contribution in [0.5, 0.6) is 0 Å². The van der Waals surface area contributed by atoms with Gasteiger partial charge in [-0.2, -0.15) is 0 Å². The van der Waals surface area contributed by atoms with Crippen LogP contribution in [0.4, 0.5) is 0 Å². The van der Waals surface area contributed by atoms with E-state index < -0.39 is 5.91 Å². The minimum absolute atomic E-state index is 0.149. The molecule has 1 amide bonds. The lowest BCUT2D eigenvalue weighted by atomic mass is 9.81. The molecule has 5 rings (SSSR count). The van der Waals surface area contributed by atoms with Gasteiger partial charge >= 0.3 is 0 Å². The van der Waals surface area contributed by atoms with Gasteiger partial charge in [0, 0.05) is 11.1 Å². The van der Waals surface area contributed by atoms with Crippen LogP contribution in [-0.4, -0.2) is 32.8 Å². The highest BCUT2D eigenvalue weighted by atomic mass is 16.5. The second kappa shape index (κ2) is 8.88. The number of aliphatic hydroxyl groups is 1. The zero-order chi connectivity index (χ0) is 22.1. The number of carbonyl (C=O) groups is 1. The molecule has 2 aromatic carbocycles. The zero-order valence-electron chi connectivity index (χ0n) is 18.1. The summed E-state index contributed by atoms with van der Waals surface area (Å²) in [5.41, 5.74) is 10.5. The number of rotatable bonds is 7. The molecule has 2 atom stereocenters. The van der Waals surface area contributed by atoms with Gasteiger partial charge in [-0.05, 0) is 61.3 Å². The van der Waals surface area contributed by atoms with Crippen LogP contribution in [0.2, 0.25) is 0 Å². The van der Waals surface area contributed by atoms with Crippen LogP contribution in [0, 0.1) is 5.92 Å². The molecule has 2 heterocycles. The SMILES string of the molecule is NC(=O)c1ccc(CO[C@H]2CC[C@H](C(O)CC3c4ccccc4-c4cncn43)CC2)cc1. The molecular weight excluding hydrogens is 402 g/mol. The van der Waals surface area contributed by atoms with Gasteiger partial charge in [-0.25, -0.2) is 4.98 Å². The van der Waals surface area contributed by atoms with E-state index in [1.807, 2.05) is 24.7 Å². The molecule has 166 valence electrons. The molecule has 1 aliphatic heterocycles. The molecule has 0 saturated heterocycles. The number of amides is 1. The van der Waals surface area contributed by atoms with Crippen LogP contribution in [0.25, 0.3) is 11.3 Å². The van der Waals surface area contributed by atoms with Crippen molar-refractivity contribution in [3.8, 4) is 11.3 Å². The Morgan fingerprint density at radius 2 is 1.88 bits per heavy atom. The average Bonchev–Trinajstić information content (AvgIpc) is 3.41. The van der Waals surface area contributed by atoms with Crippen LogP contribution in [0.15, 0.2) is 61.1 Å². The second-order valence-corrected chi connectivity index (χ2v) is 9.00. The summed E-state index contributed by atoms with van der Waals surface area (Å²) in [5, 5.41) is 11.1. The van der Waals surface area contributed by atoms with Gasteiger partial charge in [0.05, 0.1) is 43.1 Å². The molecule has 2 unspecified atom stereocenters. The summed E-state index contributed by atoms with van der Waals surface area (Å²) in [7, 11) is 0. The number of primary amides is 1. The van der Waals surface area contributed by atoms with E-state index in [1.54, 1.807) is 12.1 Å². The molecular formula is C26H29N3O3. The lowest BCUT2D eigenvalue weighted by molar-refractivity contribution is -0.0160. The van der Waals surface area contributed by atoms with E-state index in [0.717, 1.165) is 36.9 Å². The van der Waals surface area contributed by atoms with Gasteiger partial charge in [0.1, 0.15) is 0 Å². The summed E-state index contributed by atoms with van der Waals surface area (Å²) in [6.07, 6.45) is 8.23. The maximum atomic E-state index is 11.2. The number of hydrogen-bond acceptors (Lipinski definition) is 4. The first-order valence-electron chi connectivity index (χ1n) is 11.4. The van der Waals surface area contributed by atoms with Crippen LogP contribution in [0.1, 0.15) is 59.6 Å². The normalized spacial score (nSPS) is 22.8. The first-order valence-corrected chi connectivity index (χ1v) is 11.4. The predicted octanol–water partition coefficient (Wildman–Crippen LogP) is 4.08. The molecule has 6 heteroatoms. The summed E-state index contributed by atoms with van der Waals surface area (Å²) in [6.45, 7) is 0.527. The van der Waals surface area contributed by atoms with Gasteiger partial charge in [0.25, 0.3) is 0 Å². The fourth-order valence-electron chi connectivity index (χ4n) is 5.21. The lowest BCUT2D eigenvalue weighted by Gasteiger charge is -2.32. The van der Waals surface area contributed by atoms with Crippen LogP contribution < -0.4 is 5.73 Å². The van der Waals surface area contributed by atoms with Crippen LogP contribution in [-0.2, 0) is 11.3 Å². The van der Waals surface area contributed by atoms with Crippen molar-refractivity contribution in [3.05, 3.63) is 77.7 Å². The number of nitrogens with zero attached hydrogens (tertiary/aromatic N) is 2. The average molecular weight is 432 g/mol. The van der Waals surface area contributed by atoms with Gasteiger partial charge in [0.2, 0.25) is 5.91 Å². The predicted molar refractivity (Wildman–Crippen MR) is 122 cm³/mol. The molecule has 1 aliphatic carbocycles. The summed E-state index contributed by atoms with van der Waals surface area (Å²) >= 11 is 0. The van der Waals surface area contributed by atoms with E-state index in [4.69, 9.17) is 10.5 Å². The number of ether oxygens (including phenoxy) is 1. The number of carbonyl (C=O) groups excluding carboxylic acids is 1. The quantitative estimate of drug-likeness (QED) is 0.590. The number of hydrogen-bond donors (Lipinski definition) is 2. The molecule has 1 aromatic heterocycles. The standard InChI is InChI=1S/C26H29N3O3/c27-26(31)19-7-5-17(6-8-19)15-32-20-11-9-18(10-12-20)25(30)13-23-21-3-1-2-4-22(21)24-14-28-16-29(23)24/h1-8,14,16,18,20,23,25,30H,9-13,15H2,(H2,27,31)/t18-,20-,23?,25?. The maximum absolute atomic E-state index is 11.2. The number of imidazole rings is 1. The summed E-state index contributed by atoms with van der Waals surface area (Å²) in [6, 6.07) is 15.8. The minimum Gasteiger partial charge on any atom is -0.393 e. The topological polar surface area (TPSA) is 90.4 Å². The number of aromatic nitrogens is 2. The Balaban J connectivity index is 1.14. The highest BCUT2D eigenvalue weighted by Gasteiger charge is 2.33. The Kier molecular flexibility index (Phi) is 5.81. The van der Waals surface area contributed by atoms with Gasteiger partial charge in [-0.3, -0.25) is 4.79 Å². The van der Waals surface area contributed by atoms with E-state index in [0.29, 0.717) is 24.5 Å². The molecule has 1 saturated carbocycles. The fourth-order valence-corrected chi connectivity index (χ4v) is 5.21. The Hall–Kier alpha value is -2.96. The molecule has 6 nitrogen and oxygen atoms in total. The largest absolute Gasteiger partial charge is 0.393 e. The van der Waals surface area contributed by atoms with Crippen molar-refractivity contribution in [2.75, 3.05) is 0 Å². The number of aliphatic hydroxyl groups excluding tert-OH is 1. The van der Waals surface area contributed by atoms with Crippen molar-refractivity contribution in [2.24, 2.45) is 11.7 Å². The van der Waals surface area contributed by atoms with Crippen LogP contribution >= 0.6 is 0 Å². The van der Waals surface area contributed by atoms with Gasteiger partial charge in [-0.15, -0.1) is 0 Å². The smallest absolute Gasteiger partial charge is 0.248 e. The Labute approximate surface area is 188 Å². The molecule has 3 N–H and O–H groups in total. The molecule has 32 heavy (non-hydrogen) atoms. The van der Waals surface area contributed by atoms with Crippen molar-refractivity contribution in [1.82, 2.24) is 9.55 Å². The lowest BCUT2D eigenvalue weighted by Crippen LogP contribution is -2.30. The van der Waals surface area contributed by atoms with Crippen molar-refractivity contribution >= 4 is 5.91 Å². The Morgan fingerprint density at radius 1 is 1.12 bits per heavy atom. The van der Waals surface area contributed by atoms with Crippen LogP contribution in [0.3, 0.4) is 0 Å². The van der Waals surface area contributed by atoms with Crippen molar-refractivity contribution in [1.29, 1.82) is 0 Å². The monoisotopic (exact) mass is 431 g/mol. The molecule has 2 aliphatic rings. The minimum atomic E-state index is -0.417. The maximum Gasteiger partial charge on any atom is 0.248 e. The number of nitrogens with two attached hydrogens (primary N) is 1. The summed E-state index contributed by atoms with van der Waals surface area (Å²) < 4.78 is 8.30. The fraction of sp³-hybridized carbons (Fsp3) is 0.385. The third-order valence-electron chi connectivity index (χ3n) is 7.05. The molecule has 0 bridgehead atoms. The van der Waals surface area contributed by atoms with Gasteiger partial charge in [0.15, 0.2) is 0 Å². The van der Waals surface area contributed by atoms with E-state index in [2.05, 4.69) is 33.8 Å². The summed E-state index contributed by atoms with van der Waals surface area (Å²) in [5.74, 6) is -0.121. The van der Waals surface area contributed by atoms with Crippen molar-refractivity contribution in [3.63, 3.8) is 0 Å². The Bertz CT molecular complexity index is 1080. The number of fused-ring (bicyclic) bond motifs is 3. The third-order valence-corrected chi connectivity index (χ3v) is 7.05. The molecule has 0 radical (unpaired) electrons. The van der Waals surface area contributed by atoms with Gasteiger partial charge in [-0.1, -0.05) is 36.4 Å². The molecule has 0 spiro atoms. The molecule has 1 fully saturated rings. The van der Waals surface area contributed by atoms with Crippen molar-refractivity contribution in [2.45, 2.75) is 57.0 Å². The third kappa shape index (κ3) is 4.08. The first kappa shape index (κ1) is 20.9. The first-order chi connectivity index (χ1) is 15.6. The second-order valence-electron chi connectivity index (χ2n) is 9.00. The highest BCUT2D eigenvalue weighted by Crippen LogP contribution is 2.42. The number of benzene rings is 2. The molecule has 3 aromatic rings. The van der Waals surface area contributed by atoms with E-state index in [-0.39, 0.29) is 18.2 Å². The summed E-state index contributed by atoms with van der Waals surface area (Å²) in [4.78, 5) is 15.5. The highest BCUT2D eigenvalue weighted by molar-refractivity contribution is 5.92. The zero-order valence-corrected chi connectivity index (χ0v) is 18.1. The Morgan fingerprint density at radius 3 is 2.62 bits per heavy atom. The van der Waals surface area contributed by atoms with E-state index >= 15 is 0 Å². The van der Waals surface area contributed by atoms with Gasteiger partial charge < -0.3 is 20.1 Å².